The number of nitrogens with zero attached hydrogens (tertiary/aromatic N) is 5. The van der Waals surface area contributed by atoms with Crippen LogP contribution in [-0.2, 0) is 25.2 Å². The number of tetrazole rings is 1. The summed E-state index contributed by atoms with van der Waals surface area (Å²) in [5.74, 6) is 2.97. The third-order valence-corrected chi connectivity index (χ3v) is 6.78. The van der Waals surface area contributed by atoms with Gasteiger partial charge in [0.05, 0.1) is 18.7 Å². The van der Waals surface area contributed by atoms with Crippen LogP contribution in [-0.4, -0.2) is 43.5 Å². The second kappa shape index (κ2) is 10.2. The lowest BCUT2D eigenvalue weighted by molar-refractivity contribution is 0.174. The molecule has 0 aliphatic carbocycles. The summed E-state index contributed by atoms with van der Waals surface area (Å²) in [5.41, 5.74) is 2.10. The summed E-state index contributed by atoms with van der Waals surface area (Å²) in [6.07, 6.45) is 0.875. The molecule has 1 aliphatic rings. The predicted molar refractivity (Wildman–Crippen MR) is 139 cm³/mol. The van der Waals surface area contributed by atoms with Gasteiger partial charge >= 0.3 is 0 Å². The topological polar surface area (TPSA) is 107 Å². The zero-order chi connectivity index (χ0) is 26.0. The summed E-state index contributed by atoms with van der Waals surface area (Å²) >= 11 is 0. The van der Waals surface area contributed by atoms with Gasteiger partial charge in [0, 0.05) is 29.6 Å². The predicted octanol–water partition coefficient (Wildman–Crippen LogP) is 3.99. The maximum Gasteiger partial charge on any atom is 0.252 e. The number of aromatic nitrogens is 5. The van der Waals surface area contributed by atoms with Crippen molar-refractivity contribution in [1.29, 1.82) is 0 Å². The Labute approximate surface area is 215 Å². The molecule has 194 valence electrons. The molecule has 2 aromatic heterocycles. The van der Waals surface area contributed by atoms with E-state index in [4.69, 9.17) is 14.2 Å². The largest absolute Gasteiger partial charge is 0.494 e. The van der Waals surface area contributed by atoms with Crippen molar-refractivity contribution in [2.45, 2.75) is 59.3 Å². The van der Waals surface area contributed by atoms with Gasteiger partial charge in [0.15, 0.2) is 17.3 Å². The second-order valence-corrected chi connectivity index (χ2v) is 9.81. The van der Waals surface area contributed by atoms with Crippen molar-refractivity contribution in [2.24, 2.45) is 0 Å². The molecule has 10 nitrogen and oxygen atoms in total. The highest BCUT2D eigenvalue weighted by atomic mass is 16.7. The first kappa shape index (κ1) is 24.8. The Balaban J connectivity index is 1.48. The van der Waals surface area contributed by atoms with Gasteiger partial charge in [-0.25, -0.2) is 4.68 Å². The van der Waals surface area contributed by atoms with E-state index in [-0.39, 0.29) is 17.9 Å². The van der Waals surface area contributed by atoms with Crippen LogP contribution in [0.2, 0.25) is 0 Å². The van der Waals surface area contributed by atoms with Gasteiger partial charge < -0.3 is 19.2 Å². The Morgan fingerprint density at radius 3 is 2.70 bits per heavy atom. The molecule has 1 aliphatic heterocycles. The Morgan fingerprint density at radius 1 is 1.05 bits per heavy atom. The van der Waals surface area contributed by atoms with E-state index in [1.807, 2.05) is 54.1 Å². The average Bonchev–Trinajstić information content (AvgIpc) is 3.54. The molecule has 0 saturated heterocycles. The van der Waals surface area contributed by atoms with E-state index in [1.54, 1.807) is 0 Å². The van der Waals surface area contributed by atoms with Crippen LogP contribution >= 0.6 is 0 Å². The molecule has 5 rings (SSSR count). The van der Waals surface area contributed by atoms with Gasteiger partial charge in [-0.3, -0.25) is 9.69 Å². The third-order valence-electron chi connectivity index (χ3n) is 6.78. The Kier molecular flexibility index (Phi) is 6.84. The highest BCUT2D eigenvalue weighted by Crippen LogP contribution is 2.33. The van der Waals surface area contributed by atoms with Crippen LogP contribution < -0.4 is 19.8 Å². The van der Waals surface area contributed by atoms with Crippen LogP contribution in [0.4, 0.5) is 0 Å². The van der Waals surface area contributed by atoms with E-state index in [0.29, 0.717) is 31.8 Å². The van der Waals surface area contributed by atoms with E-state index in [0.717, 1.165) is 46.0 Å². The molecule has 0 spiro atoms. The number of fused-ring (bicyclic) bond motifs is 2. The Bertz CT molecular complexity index is 1460. The van der Waals surface area contributed by atoms with Crippen molar-refractivity contribution in [3.05, 3.63) is 69.8 Å². The van der Waals surface area contributed by atoms with Crippen LogP contribution in [0.3, 0.4) is 0 Å². The number of hydrogen-bond acceptors (Lipinski definition) is 8. The van der Waals surface area contributed by atoms with Crippen molar-refractivity contribution < 1.29 is 14.2 Å². The van der Waals surface area contributed by atoms with Gasteiger partial charge in [0.25, 0.3) is 5.56 Å². The number of ether oxygens (including phenoxy) is 3. The Hall–Kier alpha value is -3.92. The van der Waals surface area contributed by atoms with Gasteiger partial charge in [-0.05, 0) is 79.6 Å². The molecule has 0 unspecified atom stereocenters. The van der Waals surface area contributed by atoms with Crippen LogP contribution in [0, 0.1) is 0 Å². The number of aromatic amines is 1. The molecule has 3 heterocycles. The molecule has 0 saturated carbocycles. The second-order valence-electron chi connectivity index (χ2n) is 9.81. The standard InChI is InChI=1S/C27H32N6O4/c1-5-27(3,4)33-25(29-30-31-33)16-32(14-18-7-10-23-24(11-18)37-17-36-23)15-20-12-19-13-21(35-6-2)8-9-22(19)28-26(20)34/h7-13H,5-6,14-17H2,1-4H3,(H,28,34). The SMILES string of the molecule is CCOc1ccc2[nH]c(=O)c(CN(Cc3ccc4c(c3)OCO4)Cc3nnnn3C(C)(C)CC)cc2c1. The molecule has 0 radical (unpaired) electrons. The molecule has 10 heteroatoms. The maximum atomic E-state index is 13.1. The number of H-pyrrole nitrogens is 1. The minimum Gasteiger partial charge on any atom is -0.494 e. The molecule has 1 N–H and O–H groups in total. The fourth-order valence-electron chi connectivity index (χ4n) is 4.43. The van der Waals surface area contributed by atoms with Crippen LogP contribution in [0.5, 0.6) is 17.2 Å². The molecule has 2 aromatic carbocycles. The van der Waals surface area contributed by atoms with Gasteiger partial charge in [0.2, 0.25) is 6.79 Å². The highest BCUT2D eigenvalue weighted by Gasteiger charge is 2.25. The van der Waals surface area contributed by atoms with Gasteiger partial charge in [-0.15, -0.1) is 5.10 Å². The molecular weight excluding hydrogens is 472 g/mol. The first-order chi connectivity index (χ1) is 17.9. The minimum atomic E-state index is -0.237. The molecule has 4 aromatic rings. The summed E-state index contributed by atoms with van der Waals surface area (Å²) in [4.78, 5) is 18.2. The summed E-state index contributed by atoms with van der Waals surface area (Å²) in [7, 11) is 0. The highest BCUT2D eigenvalue weighted by molar-refractivity contribution is 5.80. The monoisotopic (exact) mass is 504 g/mol. The summed E-state index contributed by atoms with van der Waals surface area (Å²) in [6.45, 7) is 10.5. The summed E-state index contributed by atoms with van der Waals surface area (Å²) < 4.78 is 18.6. The number of rotatable bonds is 10. The quantitative estimate of drug-likeness (QED) is 0.345. The summed E-state index contributed by atoms with van der Waals surface area (Å²) in [6, 6.07) is 13.5. The first-order valence-corrected chi connectivity index (χ1v) is 12.5. The lowest BCUT2D eigenvalue weighted by Gasteiger charge is -2.27. The zero-order valence-corrected chi connectivity index (χ0v) is 21.7. The summed E-state index contributed by atoms with van der Waals surface area (Å²) in [5, 5.41) is 13.5. The van der Waals surface area contributed by atoms with Crippen molar-refractivity contribution in [3.63, 3.8) is 0 Å². The van der Waals surface area contributed by atoms with E-state index in [1.165, 1.54) is 0 Å². The average molecular weight is 505 g/mol. The first-order valence-electron chi connectivity index (χ1n) is 12.5. The maximum absolute atomic E-state index is 13.1. The smallest absolute Gasteiger partial charge is 0.252 e. The minimum absolute atomic E-state index is 0.124. The molecule has 0 fully saturated rings. The zero-order valence-electron chi connectivity index (χ0n) is 21.7. The van der Waals surface area contributed by atoms with Gasteiger partial charge in [-0.2, -0.15) is 0 Å². The fourth-order valence-corrected chi connectivity index (χ4v) is 4.43. The van der Waals surface area contributed by atoms with E-state index < -0.39 is 0 Å². The molecule has 37 heavy (non-hydrogen) atoms. The van der Waals surface area contributed by atoms with Crippen molar-refractivity contribution in [3.8, 4) is 17.2 Å². The van der Waals surface area contributed by atoms with Gasteiger partial charge in [0.1, 0.15) is 5.75 Å². The van der Waals surface area contributed by atoms with Crippen molar-refractivity contribution in [2.75, 3.05) is 13.4 Å². The van der Waals surface area contributed by atoms with Crippen molar-refractivity contribution >= 4 is 10.9 Å². The fraction of sp³-hybridized carbons (Fsp3) is 0.407. The number of pyridine rings is 1. The van der Waals surface area contributed by atoms with E-state index in [9.17, 15) is 4.79 Å². The molecule has 0 bridgehead atoms. The lowest BCUT2D eigenvalue weighted by atomic mass is 10.0. The molecule has 0 atom stereocenters. The number of nitrogens with one attached hydrogen (secondary N) is 1. The molecular formula is C27H32N6O4. The van der Waals surface area contributed by atoms with E-state index in [2.05, 4.69) is 46.2 Å². The van der Waals surface area contributed by atoms with Crippen LogP contribution in [0.1, 0.15) is 51.1 Å². The Morgan fingerprint density at radius 2 is 1.89 bits per heavy atom. The lowest BCUT2D eigenvalue weighted by Crippen LogP contribution is -2.32. The number of benzene rings is 2. The molecule has 0 amide bonds. The normalized spacial score (nSPS) is 13.0. The van der Waals surface area contributed by atoms with Crippen molar-refractivity contribution in [1.82, 2.24) is 30.1 Å². The van der Waals surface area contributed by atoms with E-state index >= 15 is 0 Å². The third kappa shape index (κ3) is 5.29. The van der Waals surface area contributed by atoms with Crippen LogP contribution in [0.25, 0.3) is 10.9 Å². The number of hydrogen-bond donors (Lipinski definition) is 1. The van der Waals surface area contributed by atoms with Gasteiger partial charge in [-0.1, -0.05) is 13.0 Å². The van der Waals surface area contributed by atoms with Crippen LogP contribution in [0.15, 0.2) is 47.3 Å².